The summed E-state index contributed by atoms with van der Waals surface area (Å²) in [5.74, 6) is 0. The van der Waals surface area contributed by atoms with Crippen molar-refractivity contribution in [1.82, 2.24) is 14.5 Å². The van der Waals surface area contributed by atoms with Crippen LogP contribution in [0.25, 0.3) is 22.2 Å². The molecule has 1 N–H and O–H groups in total. The van der Waals surface area contributed by atoms with Gasteiger partial charge in [0.1, 0.15) is 0 Å². The molecule has 3 heterocycles. The van der Waals surface area contributed by atoms with Crippen LogP contribution < -0.4 is 15.3 Å². The van der Waals surface area contributed by atoms with Crippen molar-refractivity contribution < 1.29 is 32.2 Å². The van der Waals surface area contributed by atoms with Crippen molar-refractivity contribution >= 4 is 57.3 Å². The fourth-order valence-electron chi connectivity index (χ4n) is 8.21. The number of amides is 1. The van der Waals surface area contributed by atoms with Crippen molar-refractivity contribution in [1.29, 1.82) is 0 Å². The lowest BCUT2D eigenvalue weighted by Gasteiger charge is -2.44. The number of methoxy groups -OCH3 is 1. The second-order valence-corrected chi connectivity index (χ2v) is 21.8. The molecule has 304 valence electrons. The highest BCUT2D eigenvalue weighted by Crippen LogP contribution is 2.46. The summed E-state index contributed by atoms with van der Waals surface area (Å²) < 4.78 is 60.8. The number of rotatable bonds is 13. The summed E-state index contributed by atoms with van der Waals surface area (Å²) in [7, 11) is -1.41. The summed E-state index contributed by atoms with van der Waals surface area (Å²) in [5.41, 5.74) is 2.33. The molecule has 1 aliphatic heterocycles. The molecule has 0 spiro atoms. The first-order chi connectivity index (χ1) is 27.0. The molecular formula is C44H52BrF3N4O4Si. The van der Waals surface area contributed by atoms with Crippen molar-refractivity contribution in [2.24, 2.45) is 5.41 Å². The quantitative estimate of drug-likeness (QED) is 0.119. The van der Waals surface area contributed by atoms with E-state index in [1.165, 1.54) is 4.90 Å². The van der Waals surface area contributed by atoms with Crippen molar-refractivity contribution in [2.45, 2.75) is 71.8 Å². The summed E-state index contributed by atoms with van der Waals surface area (Å²) in [5, 5.41) is 12.2. The Balaban J connectivity index is 1.53. The Morgan fingerprint density at radius 1 is 0.912 bits per heavy atom. The van der Waals surface area contributed by atoms with Gasteiger partial charge in [0.2, 0.25) is 6.30 Å². The van der Waals surface area contributed by atoms with Gasteiger partial charge in [0.05, 0.1) is 34.9 Å². The topological polar surface area (TPSA) is 80.1 Å². The number of ether oxygens (including phenoxy) is 1. The number of nitrogens with zero attached hydrogens (tertiary/aromatic N) is 4. The average Bonchev–Trinajstić information content (AvgIpc) is 3.49. The van der Waals surface area contributed by atoms with Gasteiger partial charge >= 0.3 is 6.09 Å². The molecule has 13 heteroatoms. The van der Waals surface area contributed by atoms with Crippen LogP contribution in [0, 0.1) is 5.41 Å². The first-order valence-electron chi connectivity index (χ1n) is 19.2. The van der Waals surface area contributed by atoms with Crippen LogP contribution in [0.5, 0.6) is 0 Å². The number of fused-ring (bicyclic) bond motifs is 1. The van der Waals surface area contributed by atoms with Crippen LogP contribution in [0.3, 0.4) is 0 Å². The largest absolute Gasteiger partial charge is 0.465 e. The molecule has 2 unspecified atom stereocenters. The summed E-state index contributed by atoms with van der Waals surface area (Å²) in [6.07, 6.45) is -5.50. The molecule has 0 bridgehead atoms. The zero-order valence-corrected chi connectivity index (χ0v) is 36.2. The third-order valence-electron chi connectivity index (χ3n) is 11.1. The van der Waals surface area contributed by atoms with E-state index >= 15 is 4.39 Å². The fraction of sp³-hybridized carbons (Fsp3) is 0.409. The predicted molar refractivity (Wildman–Crippen MR) is 227 cm³/mol. The van der Waals surface area contributed by atoms with Crippen molar-refractivity contribution in [3.63, 3.8) is 0 Å². The maximum atomic E-state index is 16.3. The molecule has 0 aliphatic carbocycles. The first kappa shape index (κ1) is 42.4. The van der Waals surface area contributed by atoms with Gasteiger partial charge in [0.15, 0.2) is 0 Å². The van der Waals surface area contributed by atoms with Gasteiger partial charge in [-0.15, -0.1) is 0 Å². The smallest absolute Gasteiger partial charge is 0.407 e. The number of halogens is 4. The zero-order chi connectivity index (χ0) is 41.3. The maximum Gasteiger partial charge on any atom is 0.407 e. The molecule has 0 saturated carbocycles. The van der Waals surface area contributed by atoms with Gasteiger partial charge in [-0.2, -0.15) is 0 Å². The van der Waals surface area contributed by atoms with Crippen LogP contribution >= 0.6 is 15.9 Å². The van der Waals surface area contributed by atoms with Gasteiger partial charge in [0, 0.05) is 55.3 Å². The Bertz CT molecular complexity index is 2130. The Hall–Kier alpha value is -4.17. The van der Waals surface area contributed by atoms with Gasteiger partial charge in [0.25, 0.3) is 14.7 Å². The third kappa shape index (κ3) is 8.53. The second kappa shape index (κ2) is 17.0. The highest BCUT2D eigenvalue weighted by molar-refractivity contribution is 9.10. The lowest BCUT2D eigenvalue weighted by Crippen LogP contribution is -2.67. The number of pyridine rings is 1. The minimum atomic E-state index is -3.31. The summed E-state index contributed by atoms with van der Waals surface area (Å²) >= 11 is 3.61. The van der Waals surface area contributed by atoms with Gasteiger partial charge in [-0.3, -0.25) is 4.98 Å². The van der Waals surface area contributed by atoms with Gasteiger partial charge < -0.3 is 28.6 Å². The van der Waals surface area contributed by atoms with E-state index in [2.05, 4.69) is 74.8 Å². The summed E-state index contributed by atoms with van der Waals surface area (Å²) in [6, 6.07) is 27.9. The number of carboxylic acid groups (broad SMARTS) is 1. The number of hydrogen-bond donors (Lipinski definition) is 1. The van der Waals surface area contributed by atoms with E-state index < -0.39 is 38.7 Å². The Labute approximate surface area is 342 Å². The summed E-state index contributed by atoms with van der Waals surface area (Å²) in [6.45, 7) is 14.4. The van der Waals surface area contributed by atoms with E-state index in [4.69, 9.17) is 14.1 Å². The predicted octanol–water partition coefficient (Wildman–Crippen LogP) is 9.85. The SMILES string of the molecule is COC(C)c1ncc(N2CCN(C(=O)O)CC2)cc1-c1c(CC(C)(C)CO[Si](c2ccccc2)(c2ccccc2)C(C)(C)C)c2cc(Br)ccc2n1C(F)C(F)F. The lowest BCUT2D eigenvalue weighted by molar-refractivity contribution is 0.0114. The molecule has 2 aromatic heterocycles. The number of benzene rings is 3. The Morgan fingerprint density at radius 2 is 1.51 bits per heavy atom. The van der Waals surface area contributed by atoms with Crippen molar-refractivity contribution in [3.05, 3.63) is 107 Å². The molecule has 1 amide bonds. The normalized spacial score (nSPS) is 15.4. The Morgan fingerprint density at radius 3 is 2.04 bits per heavy atom. The molecule has 57 heavy (non-hydrogen) atoms. The minimum Gasteiger partial charge on any atom is -0.465 e. The highest BCUT2D eigenvalue weighted by atomic mass is 79.9. The lowest BCUT2D eigenvalue weighted by atomic mass is 9.84. The minimum absolute atomic E-state index is 0.274. The molecule has 1 aliphatic rings. The number of piperazine rings is 1. The number of anilines is 1. The van der Waals surface area contributed by atoms with E-state index in [-0.39, 0.29) is 18.1 Å². The van der Waals surface area contributed by atoms with Gasteiger partial charge in [-0.25, -0.2) is 18.0 Å². The molecule has 5 aromatic rings. The van der Waals surface area contributed by atoms with E-state index in [1.807, 2.05) is 60.4 Å². The van der Waals surface area contributed by atoms with E-state index in [0.717, 1.165) is 19.4 Å². The third-order valence-corrected chi connectivity index (χ3v) is 16.6. The fourth-order valence-corrected chi connectivity index (χ4v) is 13.3. The number of hydrogen-bond acceptors (Lipinski definition) is 5. The van der Waals surface area contributed by atoms with Crippen LogP contribution in [-0.2, 0) is 15.6 Å². The monoisotopic (exact) mass is 864 g/mol. The van der Waals surface area contributed by atoms with E-state index in [1.54, 1.807) is 25.4 Å². The second-order valence-electron chi connectivity index (χ2n) is 16.6. The average molecular weight is 866 g/mol. The van der Waals surface area contributed by atoms with Crippen LogP contribution in [-0.4, -0.2) is 80.3 Å². The highest BCUT2D eigenvalue weighted by Gasteiger charge is 2.51. The Kier molecular flexibility index (Phi) is 12.6. The standard InChI is InChI=1S/C44H52BrF3N4O4Si/c1-29(55-7)38-35(25-31(27-49-38)50-20-22-51(23-21-50)42(53)54)39-36(34-24-30(45)18-19-37(34)52(39)41(48)40(46)47)26-44(5,6)28-56-57(43(2,3)4,32-14-10-8-11-15-32)33-16-12-9-13-17-33/h8-19,24-25,27,29,40-41H,20-23,26,28H2,1-7H3,(H,53,54). The number of carbonyl (C=O) groups is 1. The molecule has 6 rings (SSSR count). The first-order valence-corrected chi connectivity index (χ1v) is 21.9. The number of aromatic nitrogens is 2. The molecule has 8 nitrogen and oxygen atoms in total. The zero-order valence-electron chi connectivity index (χ0n) is 33.6. The van der Waals surface area contributed by atoms with E-state index in [0.29, 0.717) is 65.2 Å². The molecule has 0 radical (unpaired) electrons. The van der Waals surface area contributed by atoms with Crippen LogP contribution in [0.4, 0.5) is 23.7 Å². The van der Waals surface area contributed by atoms with Gasteiger partial charge in [-0.05, 0) is 64.0 Å². The van der Waals surface area contributed by atoms with Crippen molar-refractivity contribution in [2.75, 3.05) is 44.8 Å². The molecular weight excluding hydrogens is 813 g/mol. The maximum absolute atomic E-state index is 16.3. The number of alkyl halides is 3. The van der Waals surface area contributed by atoms with Crippen molar-refractivity contribution in [3.8, 4) is 11.3 Å². The molecule has 2 atom stereocenters. The van der Waals surface area contributed by atoms with Crippen LogP contribution in [0.15, 0.2) is 95.6 Å². The van der Waals surface area contributed by atoms with E-state index in [9.17, 15) is 18.7 Å². The van der Waals surface area contributed by atoms with Gasteiger partial charge in [-0.1, -0.05) is 111 Å². The molecule has 3 aromatic carbocycles. The van der Waals surface area contributed by atoms with Crippen LogP contribution in [0.2, 0.25) is 5.04 Å². The molecule has 1 fully saturated rings. The summed E-state index contributed by atoms with van der Waals surface area (Å²) in [4.78, 5) is 19.9. The van der Waals surface area contributed by atoms with Crippen LogP contribution in [0.1, 0.15) is 65.2 Å². The molecule has 1 saturated heterocycles.